The number of aryl methyl sites for hydroxylation is 1. The summed E-state index contributed by atoms with van der Waals surface area (Å²) in [6, 6.07) is 4.52. The first-order valence-corrected chi connectivity index (χ1v) is 10.3. The monoisotopic (exact) mass is 382 g/mol. The summed E-state index contributed by atoms with van der Waals surface area (Å²) in [5.41, 5.74) is 4.06. The summed E-state index contributed by atoms with van der Waals surface area (Å²) in [4.78, 5) is 1.34. The predicted octanol–water partition coefficient (Wildman–Crippen LogP) is 4.92. The smallest absolute Gasteiger partial charge is 0.0471 e. The minimum absolute atomic E-state index is 0.145. The van der Waals surface area contributed by atoms with Crippen LogP contribution in [0, 0.1) is 6.92 Å². The van der Waals surface area contributed by atoms with Gasteiger partial charge in [0.1, 0.15) is 0 Å². The molecule has 0 aromatic heterocycles. The SMILES string of the molecule is Cc1cc(SSI)c(C(C)(C)C)cc1CCO. The van der Waals surface area contributed by atoms with Crippen molar-refractivity contribution in [2.24, 2.45) is 0 Å². The van der Waals surface area contributed by atoms with Crippen LogP contribution in [0.2, 0.25) is 0 Å². The van der Waals surface area contributed by atoms with E-state index >= 15 is 0 Å². The number of rotatable bonds is 4. The molecule has 0 aliphatic rings. The minimum Gasteiger partial charge on any atom is -0.396 e. The molecule has 0 bridgehead atoms. The van der Waals surface area contributed by atoms with Gasteiger partial charge in [0, 0.05) is 32.7 Å². The number of hydrogen-bond acceptors (Lipinski definition) is 3. The van der Waals surface area contributed by atoms with Crippen molar-refractivity contribution in [1.82, 2.24) is 0 Å². The normalized spacial score (nSPS) is 11.9. The van der Waals surface area contributed by atoms with Crippen LogP contribution in [0.15, 0.2) is 17.0 Å². The van der Waals surface area contributed by atoms with Gasteiger partial charge in [-0.1, -0.05) is 26.8 Å². The lowest BCUT2D eigenvalue weighted by Crippen LogP contribution is -2.13. The Morgan fingerprint density at radius 2 is 1.94 bits per heavy atom. The van der Waals surface area contributed by atoms with E-state index in [4.69, 9.17) is 5.11 Å². The number of hydrogen-bond donors (Lipinski definition) is 1. The molecular weight excluding hydrogens is 363 g/mol. The van der Waals surface area contributed by atoms with Gasteiger partial charge < -0.3 is 5.11 Å². The highest BCUT2D eigenvalue weighted by Gasteiger charge is 2.20. The highest BCUT2D eigenvalue weighted by atomic mass is 127. The van der Waals surface area contributed by atoms with Crippen molar-refractivity contribution in [2.75, 3.05) is 6.61 Å². The number of aliphatic hydroxyl groups excluding tert-OH is 1. The Morgan fingerprint density at radius 1 is 1.29 bits per heavy atom. The zero-order valence-corrected chi connectivity index (χ0v) is 14.5. The lowest BCUT2D eigenvalue weighted by molar-refractivity contribution is 0.299. The second-order valence-electron chi connectivity index (χ2n) is 5.14. The van der Waals surface area contributed by atoms with Crippen LogP contribution < -0.4 is 0 Å². The average molecular weight is 382 g/mol. The van der Waals surface area contributed by atoms with Crippen LogP contribution in [-0.2, 0) is 11.8 Å². The molecule has 4 heteroatoms. The van der Waals surface area contributed by atoms with E-state index in [1.54, 1.807) is 7.97 Å². The molecule has 1 aromatic carbocycles. The van der Waals surface area contributed by atoms with Gasteiger partial charge in [-0.2, -0.15) is 0 Å². The van der Waals surface area contributed by atoms with Gasteiger partial charge in [0.25, 0.3) is 0 Å². The third-order valence-electron chi connectivity index (χ3n) is 2.75. The molecule has 0 fully saturated rings. The average Bonchev–Trinajstić information content (AvgIpc) is 2.20. The summed E-state index contributed by atoms with van der Waals surface area (Å²) >= 11 is 2.31. The van der Waals surface area contributed by atoms with E-state index in [0.29, 0.717) is 0 Å². The number of halogens is 1. The van der Waals surface area contributed by atoms with Crippen LogP contribution in [0.1, 0.15) is 37.5 Å². The molecule has 17 heavy (non-hydrogen) atoms. The van der Waals surface area contributed by atoms with Crippen molar-refractivity contribution in [2.45, 2.75) is 44.4 Å². The number of aliphatic hydroxyl groups is 1. The Morgan fingerprint density at radius 3 is 2.41 bits per heavy atom. The maximum absolute atomic E-state index is 9.10. The van der Waals surface area contributed by atoms with Gasteiger partial charge in [-0.3, -0.25) is 0 Å². The third kappa shape index (κ3) is 4.33. The highest BCUT2D eigenvalue weighted by molar-refractivity contribution is 14.2. The molecule has 0 radical (unpaired) electrons. The fourth-order valence-electron chi connectivity index (χ4n) is 1.81. The maximum Gasteiger partial charge on any atom is 0.0471 e. The second kappa shape index (κ2) is 6.68. The van der Waals surface area contributed by atoms with Crippen LogP contribution in [0.25, 0.3) is 0 Å². The molecule has 0 aliphatic heterocycles. The predicted molar refractivity (Wildman–Crippen MR) is 88.1 cm³/mol. The molecule has 0 aliphatic carbocycles. The molecule has 0 atom stereocenters. The van der Waals surface area contributed by atoms with Crippen molar-refractivity contribution in [3.63, 3.8) is 0 Å². The molecular formula is C13H19IOS2. The third-order valence-corrected chi connectivity index (χ3v) is 5.67. The van der Waals surface area contributed by atoms with Gasteiger partial charge in [0.15, 0.2) is 0 Å². The molecule has 0 amide bonds. The first kappa shape index (κ1) is 15.7. The van der Waals surface area contributed by atoms with E-state index in [1.807, 2.05) is 10.8 Å². The lowest BCUT2D eigenvalue weighted by atomic mass is 9.85. The standard InChI is InChI=1S/C13H19IOS2/c1-9-7-12(16-17-14)11(13(2,3)4)8-10(9)5-6-15/h7-8,15H,5-6H2,1-4H3. The van der Waals surface area contributed by atoms with E-state index in [9.17, 15) is 0 Å². The summed E-state index contributed by atoms with van der Waals surface area (Å²) in [5, 5.41) is 9.10. The summed E-state index contributed by atoms with van der Waals surface area (Å²) in [7, 11) is 3.56. The summed E-state index contributed by atoms with van der Waals surface area (Å²) in [6.07, 6.45) is 0.747. The first-order chi connectivity index (χ1) is 7.90. The summed E-state index contributed by atoms with van der Waals surface area (Å²) < 4.78 is 0. The van der Waals surface area contributed by atoms with Gasteiger partial charge in [-0.25, -0.2) is 0 Å². The quantitative estimate of drug-likeness (QED) is 0.590. The van der Waals surface area contributed by atoms with E-state index in [0.717, 1.165) is 6.42 Å². The van der Waals surface area contributed by atoms with E-state index in [2.05, 4.69) is 61.0 Å². The largest absolute Gasteiger partial charge is 0.396 e. The van der Waals surface area contributed by atoms with Gasteiger partial charge in [0.2, 0.25) is 0 Å². The lowest BCUT2D eigenvalue weighted by Gasteiger charge is -2.24. The van der Waals surface area contributed by atoms with Crippen molar-refractivity contribution in [1.29, 1.82) is 0 Å². The fraction of sp³-hybridized carbons (Fsp3) is 0.538. The van der Waals surface area contributed by atoms with Crippen LogP contribution >= 0.6 is 40.0 Å². The van der Waals surface area contributed by atoms with Crippen molar-refractivity contribution in [3.8, 4) is 0 Å². The van der Waals surface area contributed by atoms with Crippen molar-refractivity contribution in [3.05, 3.63) is 28.8 Å². The summed E-state index contributed by atoms with van der Waals surface area (Å²) in [5.74, 6) is 0. The molecule has 0 saturated heterocycles. The van der Waals surface area contributed by atoms with Crippen LogP contribution in [0.5, 0.6) is 0 Å². The molecule has 0 saturated carbocycles. The van der Waals surface area contributed by atoms with E-state index in [-0.39, 0.29) is 12.0 Å². The first-order valence-electron chi connectivity index (χ1n) is 5.60. The van der Waals surface area contributed by atoms with Crippen LogP contribution in [-0.4, -0.2) is 11.7 Å². The number of benzene rings is 1. The van der Waals surface area contributed by atoms with Gasteiger partial charge in [-0.15, -0.1) is 0 Å². The topological polar surface area (TPSA) is 20.2 Å². The van der Waals surface area contributed by atoms with E-state index < -0.39 is 0 Å². The Hall–Kier alpha value is 0.610. The zero-order valence-electron chi connectivity index (χ0n) is 10.7. The van der Waals surface area contributed by atoms with Gasteiger partial charge in [0.05, 0.1) is 0 Å². The molecule has 1 aromatic rings. The minimum atomic E-state index is 0.145. The van der Waals surface area contributed by atoms with Crippen LogP contribution in [0.3, 0.4) is 0 Å². The Labute approximate surface area is 124 Å². The Balaban J connectivity index is 3.26. The van der Waals surface area contributed by atoms with Crippen molar-refractivity contribution < 1.29 is 5.11 Å². The molecule has 0 spiro atoms. The zero-order chi connectivity index (χ0) is 13.1. The van der Waals surface area contributed by atoms with Gasteiger partial charge >= 0.3 is 0 Å². The molecule has 1 nitrogen and oxygen atoms in total. The van der Waals surface area contributed by atoms with E-state index in [1.165, 1.54) is 21.6 Å². The summed E-state index contributed by atoms with van der Waals surface area (Å²) in [6.45, 7) is 9.06. The molecule has 96 valence electrons. The second-order valence-corrected chi connectivity index (χ2v) is 9.99. The Kier molecular flexibility index (Phi) is 6.16. The maximum atomic E-state index is 9.10. The van der Waals surface area contributed by atoms with Gasteiger partial charge in [-0.05, 0) is 60.3 Å². The van der Waals surface area contributed by atoms with Crippen molar-refractivity contribution >= 4 is 40.0 Å². The Bertz CT molecular complexity index is 386. The fourth-order valence-corrected chi connectivity index (χ4v) is 4.91. The molecule has 1 N–H and O–H groups in total. The highest BCUT2D eigenvalue weighted by Crippen LogP contribution is 2.42. The molecule has 1 rings (SSSR count). The van der Waals surface area contributed by atoms with Crippen LogP contribution in [0.4, 0.5) is 0 Å². The molecule has 0 unspecified atom stereocenters. The molecule has 0 heterocycles.